The lowest BCUT2D eigenvalue weighted by Gasteiger charge is -2.05. The summed E-state index contributed by atoms with van der Waals surface area (Å²) in [6.45, 7) is 0. The highest BCUT2D eigenvalue weighted by atomic mass is 19.1. The summed E-state index contributed by atoms with van der Waals surface area (Å²) in [5.74, 6) is -0.116. The number of ether oxygens (including phenoxy) is 1. The lowest BCUT2D eigenvalue weighted by atomic mass is 10.1. The van der Waals surface area contributed by atoms with E-state index in [1.807, 2.05) is 6.07 Å². The summed E-state index contributed by atoms with van der Waals surface area (Å²) in [5, 5.41) is 9.34. The number of aliphatic hydroxyl groups excluding tert-OH is 1. The van der Waals surface area contributed by atoms with Crippen molar-refractivity contribution < 1.29 is 14.2 Å². The van der Waals surface area contributed by atoms with Crippen molar-refractivity contribution in [1.82, 2.24) is 0 Å². The van der Waals surface area contributed by atoms with Gasteiger partial charge in [-0.1, -0.05) is 12.1 Å². The summed E-state index contributed by atoms with van der Waals surface area (Å²) in [6.07, 6.45) is 2.92. The first kappa shape index (κ1) is 10.2. The van der Waals surface area contributed by atoms with Crippen molar-refractivity contribution in [2.45, 2.75) is 18.9 Å². The van der Waals surface area contributed by atoms with E-state index in [-0.39, 0.29) is 17.7 Å². The third-order valence-electron chi connectivity index (χ3n) is 2.63. The molecule has 0 saturated heterocycles. The molecule has 0 bridgehead atoms. The molecule has 0 radical (unpaired) electrons. The van der Waals surface area contributed by atoms with E-state index in [9.17, 15) is 9.50 Å². The van der Waals surface area contributed by atoms with Gasteiger partial charge in [0.2, 0.25) is 0 Å². The summed E-state index contributed by atoms with van der Waals surface area (Å²) < 4.78 is 18.2. The van der Waals surface area contributed by atoms with Crippen LogP contribution in [0.15, 0.2) is 24.3 Å². The van der Waals surface area contributed by atoms with Crippen molar-refractivity contribution in [3.05, 3.63) is 35.7 Å². The second-order valence-corrected chi connectivity index (χ2v) is 3.65. The second kappa shape index (κ2) is 4.03. The third kappa shape index (κ3) is 2.02. The second-order valence-electron chi connectivity index (χ2n) is 3.65. The molecule has 0 fully saturated rings. The quantitative estimate of drug-likeness (QED) is 0.808. The van der Waals surface area contributed by atoms with E-state index in [2.05, 4.69) is 0 Å². The SMILES string of the molecule is COc1ccc(C2=CC(O)CC2)cc1F. The fourth-order valence-electron chi connectivity index (χ4n) is 1.81. The minimum Gasteiger partial charge on any atom is -0.494 e. The molecule has 1 atom stereocenters. The van der Waals surface area contributed by atoms with Gasteiger partial charge in [-0.3, -0.25) is 0 Å². The van der Waals surface area contributed by atoms with Crippen LogP contribution in [0, 0.1) is 5.82 Å². The van der Waals surface area contributed by atoms with E-state index < -0.39 is 0 Å². The lowest BCUT2D eigenvalue weighted by Crippen LogP contribution is -1.93. The fraction of sp³-hybridized carbons (Fsp3) is 0.333. The maximum absolute atomic E-state index is 13.4. The van der Waals surface area contributed by atoms with Gasteiger partial charge in [-0.25, -0.2) is 4.39 Å². The summed E-state index contributed by atoms with van der Waals surface area (Å²) in [6, 6.07) is 4.87. The third-order valence-corrected chi connectivity index (χ3v) is 2.63. The van der Waals surface area contributed by atoms with E-state index in [0.717, 1.165) is 24.0 Å². The van der Waals surface area contributed by atoms with Crippen LogP contribution in [0.5, 0.6) is 5.75 Å². The normalized spacial score (nSPS) is 20.2. The van der Waals surface area contributed by atoms with E-state index in [1.54, 1.807) is 12.1 Å². The van der Waals surface area contributed by atoms with Crippen LogP contribution in [0.2, 0.25) is 0 Å². The highest BCUT2D eigenvalue weighted by molar-refractivity contribution is 5.68. The molecule has 0 spiro atoms. The molecule has 0 aliphatic heterocycles. The number of halogens is 1. The van der Waals surface area contributed by atoms with Crippen molar-refractivity contribution >= 4 is 5.57 Å². The molecular weight excluding hydrogens is 195 g/mol. The van der Waals surface area contributed by atoms with E-state index in [1.165, 1.54) is 13.2 Å². The van der Waals surface area contributed by atoms with Gasteiger partial charge in [0.25, 0.3) is 0 Å². The molecular formula is C12H13FO2. The van der Waals surface area contributed by atoms with E-state index >= 15 is 0 Å². The minimum atomic E-state index is -0.384. The molecule has 1 aromatic rings. The Hall–Kier alpha value is -1.35. The Bertz CT molecular complexity index is 399. The standard InChI is InChI=1S/C12H13FO2/c1-15-12-5-3-9(7-11(12)13)8-2-4-10(14)6-8/h3,5-7,10,14H,2,4H2,1H3. The van der Waals surface area contributed by atoms with Crippen LogP contribution in [0.4, 0.5) is 4.39 Å². The number of benzene rings is 1. The molecule has 3 heteroatoms. The van der Waals surface area contributed by atoms with Crippen LogP contribution in [0.3, 0.4) is 0 Å². The number of rotatable bonds is 2. The van der Waals surface area contributed by atoms with E-state index in [4.69, 9.17) is 4.74 Å². The monoisotopic (exact) mass is 208 g/mol. The van der Waals surface area contributed by atoms with Gasteiger partial charge in [-0.2, -0.15) is 0 Å². The molecule has 2 rings (SSSR count). The first-order valence-electron chi connectivity index (χ1n) is 4.93. The molecule has 80 valence electrons. The molecule has 1 aliphatic rings. The molecule has 2 nitrogen and oxygen atoms in total. The molecule has 0 saturated carbocycles. The van der Waals surface area contributed by atoms with Crippen LogP contribution < -0.4 is 4.74 Å². The van der Waals surface area contributed by atoms with Crippen molar-refractivity contribution in [2.24, 2.45) is 0 Å². The summed E-state index contributed by atoms with van der Waals surface area (Å²) in [7, 11) is 1.44. The summed E-state index contributed by atoms with van der Waals surface area (Å²) in [5.41, 5.74) is 1.83. The smallest absolute Gasteiger partial charge is 0.165 e. The highest BCUT2D eigenvalue weighted by Gasteiger charge is 2.15. The average Bonchev–Trinajstić information content (AvgIpc) is 2.65. The molecule has 1 aromatic carbocycles. The van der Waals surface area contributed by atoms with E-state index in [0.29, 0.717) is 0 Å². The lowest BCUT2D eigenvalue weighted by molar-refractivity contribution is 0.223. The Morgan fingerprint density at radius 1 is 1.47 bits per heavy atom. The van der Waals surface area contributed by atoms with Gasteiger partial charge in [-0.05, 0) is 36.1 Å². The molecule has 1 unspecified atom stereocenters. The summed E-state index contributed by atoms with van der Waals surface area (Å²) >= 11 is 0. The van der Waals surface area contributed by atoms with Crippen molar-refractivity contribution in [3.63, 3.8) is 0 Å². The average molecular weight is 208 g/mol. The van der Waals surface area contributed by atoms with Crippen LogP contribution >= 0.6 is 0 Å². The number of hydrogen-bond donors (Lipinski definition) is 1. The van der Waals surface area contributed by atoms with Gasteiger partial charge in [0.1, 0.15) is 0 Å². The van der Waals surface area contributed by atoms with Crippen molar-refractivity contribution in [3.8, 4) is 5.75 Å². The van der Waals surface area contributed by atoms with Gasteiger partial charge in [0.05, 0.1) is 13.2 Å². The van der Waals surface area contributed by atoms with Gasteiger partial charge < -0.3 is 9.84 Å². The predicted molar refractivity (Wildman–Crippen MR) is 56.2 cm³/mol. The first-order valence-corrected chi connectivity index (χ1v) is 4.93. The Labute approximate surface area is 88.0 Å². The van der Waals surface area contributed by atoms with Crippen molar-refractivity contribution in [2.75, 3.05) is 7.11 Å². The van der Waals surface area contributed by atoms with Crippen LogP contribution in [-0.2, 0) is 0 Å². The molecule has 0 amide bonds. The zero-order chi connectivity index (χ0) is 10.8. The zero-order valence-electron chi connectivity index (χ0n) is 8.53. The first-order chi connectivity index (χ1) is 7.20. The minimum absolute atomic E-state index is 0.248. The Morgan fingerprint density at radius 3 is 2.80 bits per heavy atom. The van der Waals surface area contributed by atoms with Crippen LogP contribution in [-0.4, -0.2) is 18.3 Å². The molecule has 1 N–H and O–H groups in total. The van der Waals surface area contributed by atoms with Crippen LogP contribution in [0.1, 0.15) is 18.4 Å². The molecule has 0 aromatic heterocycles. The van der Waals surface area contributed by atoms with Crippen LogP contribution in [0.25, 0.3) is 5.57 Å². The predicted octanol–water partition coefficient (Wildman–Crippen LogP) is 2.37. The number of allylic oxidation sites excluding steroid dienone is 1. The molecule has 0 heterocycles. The summed E-state index contributed by atoms with van der Waals surface area (Å²) in [4.78, 5) is 0. The Kier molecular flexibility index (Phi) is 2.73. The number of hydrogen-bond acceptors (Lipinski definition) is 2. The van der Waals surface area contributed by atoms with Gasteiger partial charge in [0, 0.05) is 0 Å². The topological polar surface area (TPSA) is 29.5 Å². The zero-order valence-corrected chi connectivity index (χ0v) is 8.53. The fourth-order valence-corrected chi connectivity index (χ4v) is 1.81. The molecule has 1 aliphatic carbocycles. The largest absolute Gasteiger partial charge is 0.494 e. The Morgan fingerprint density at radius 2 is 2.27 bits per heavy atom. The van der Waals surface area contributed by atoms with Gasteiger partial charge in [-0.15, -0.1) is 0 Å². The molecule has 15 heavy (non-hydrogen) atoms. The maximum atomic E-state index is 13.4. The van der Waals surface area contributed by atoms with Crippen molar-refractivity contribution in [1.29, 1.82) is 0 Å². The maximum Gasteiger partial charge on any atom is 0.165 e. The van der Waals surface area contributed by atoms with Gasteiger partial charge >= 0.3 is 0 Å². The van der Waals surface area contributed by atoms with Gasteiger partial charge in [0.15, 0.2) is 11.6 Å². The number of aliphatic hydroxyl groups is 1. The highest BCUT2D eigenvalue weighted by Crippen LogP contribution is 2.30. The Balaban J connectivity index is 2.30. The number of methoxy groups -OCH3 is 1.